The second-order valence-corrected chi connectivity index (χ2v) is 7.74. The monoisotopic (exact) mass is 434 g/mol. The van der Waals surface area contributed by atoms with Crippen LogP contribution in [-0.4, -0.2) is 18.8 Å². The standard InChI is InChI=1S/C23H16F2N4O3/c1-21-18(14-5-3-4-6-17(14)30-2)23(12-28,20(29)32-21)22(10-26,11-27)19(31-21)15-9-13(24)7-8-16(15)25/h3-9,18-19,29H,1-2H3. The van der Waals surface area contributed by atoms with Gasteiger partial charge in [-0.05, 0) is 24.3 Å². The maximum atomic E-state index is 14.8. The van der Waals surface area contributed by atoms with Crippen molar-refractivity contribution in [1.82, 2.24) is 0 Å². The number of nitrogens with zero attached hydrogens (tertiary/aromatic N) is 3. The Kier molecular flexibility index (Phi) is 4.66. The Morgan fingerprint density at radius 1 is 1.03 bits per heavy atom. The van der Waals surface area contributed by atoms with E-state index in [0.29, 0.717) is 11.3 Å². The summed E-state index contributed by atoms with van der Waals surface area (Å²) >= 11 is 0. The van der Waals surface area contributed by atoms with Crippen LogP contribution < -0.4 is 4.74 Å². The van der Waals surface area contributed by atoms with Crippen LogP contribution in [0, 0.1) is 61.9 Å². The first-order valence-corrected chi connectivity index (χ1v) is 9.52. The number of nitriles is 3. The van der Waals surface area contributed by atoms with Crippen molar-refractivity contribution in [2.75, 3.05) is 7.11 Å². The zero-order chi connectivity index (χ0) is 23.3. The molecule has 2 aromatic rings. The molecule has 0 spiro atoms. The SMILES string of the molecule is COc1ccccc1C1C2(C)OC(=N)C1(C#N)C(C#N)(C#N)C(c1cc(F)ccc1F)O2. The molecule has 2 bridgehead atoms. The molecule has 2 fully saturated rings. The van der Waals surface area contributed by atoms with Crippen molar-refractivity contribution < 1.29 is 23.0 Å². The largest absolute Gasteiger partial charge is 0.496 e. The lowest BCUT2D eigenvalue weighted by molar-refractivity contribution is -0.254. The summed E-state index contributed by atoms with van der Waals surface area (Å²) in [6.45, 7) is 1.43. The molecule has 4 atom stereocenters. The molecule has 0 aromatic heterocycles. The predicted molar refractivity (Wildman–Crippen MR) is 105 cm³/mol. The number of nitrogens with one attached hydrogen (secondary N) is 1. The van der Waals surface area contributed by atoms with E-state index >= 15 is 0 Å². The van der Waals surface area contributed by atoms with E-state index in [0.717, 1.165) is 18.2 Å². The number of halogens is 2. The molecule has 4 rings (SSSR count). The predicted octanol–water partition coefficient (Wildman–Crippen LogP) is 4.10. The summed E-state index contributed by atoms with van der Waals surface area (Å²) in [5.74, 6) is -5.00. The number of ether oxygens (including phenoxy) is 3. The van der Waals surface area contributed by atoms with Crippen LogP contribution in [-0.2, 0) is 9.47 Å². The van der Waals surface area contributed by atoms with Crippen LogP contribution >= 0.6 is 0 Å². The number of hydrogen-bond donors (Lipinski definition) is 1. The maximum absolute atomic E-state index is 14.8. The highest BCUT2D eigenvalue weighted by molar-refractivity contribution is 5.90. The first kappa shape index (κ1) is 21.2. The molecule has 7 nitrogen and oxygen atoms in total. The lowest BCUT2D eigenvalue weighted by Crippen LogP contribution is -2.57. The van der Waals surface area contributed by atoms with E-state index in [1.165, 1.54) is 14.0 Å². The number of methoxy groups -OCH3 is 1. The molecule has 2 aliphatic rings. The van der Waals surface area contributed by atoms with Crippen molar-refractivity contribution in [1.29, 1.82) is 21.2 Å². The van der Waals surface area contributed by atoms with Crippen LogP contribution in [0.2, 0.25) is 0 Å². The van der Waals surface area contributed by atoms with E-state index in [-0.39, 0.29) is 0 Å². The van der Waals surface area contributed by atoms with Gasteiger partial charge >= 0.3 is 0 Å². The minimum absolute atomic E-state index is 0.324. The van der Waals surface area contributed by atoms with E-state index in [1.54, 1.807) is 24.3 Å². The molecule has 2 aliphatic heterocycles. The number of rotatable bonds is 3. The van der Waals surface area contributed by atoms with Gasteiger partial charge in [-0.25, -0.2) is 8.78 Å². The van der Waals surface area contributed by atoms with Gasteiger partial charge in [-0.2, -0.15) is 15.8 Å². The van der Waals surface area contributed by atoms with Crippen LogP contribution in [0.15, 0.2) is 42.5 Å². The van der Waals surface area contributed by atoms with Crippen LogP contribution in [0.1, 0.15) is 30.1 Å². The summed E-state index contributed by atoms with van der Waals surface area (Å²) in [7, 11) is 1.41. The number of para-hydroxylation sites is 1. The Bertz CT molecular complexity index is 1250. The van der Waals surface area contributed by atoms with Crippen LogP contribution in [0.3, 0.4) is 0 Å². The average Bonchev–Trinajstić information content (AvgIpc) is 2.97. The van der Waals surface area contributed by atoms with E-state index < -0.39 is 51.7 Å². The smallest absolute Gasteiger partial charge is 0.219 e. The maximum Gasteiger partial charge on any atom is 0.219 e. The summed E-state index contributed by atoms with van der Waals surface area (Å²) in [6.07, 6.45) is -1.72. The summed E-state index contributed by atoms with van der Waals surface area (Å²) in [5.41, 5.74) is -4.71. The van der Waals surface area contributed by atoms with Crippen molar-refractivity contribution in [2.45, 2.75) is 24.7 Å². The molecule has 2 aromatic carbocycles. The highest BCUT2D eigenvalue weighted by Crippen LogP contribution is 2.70. The Labute approximate surface area is 182 Å². The van der Waals surface area contributed by atoms with Gasteiger partial charge in [0.05, 0.1) is 31.2 Å². The Morgan fingerprint density at radius 2 is 1.72 bits per heavy atom. The minimum Gasteiger partial charge on any atom is -0.496 e. The molecule has 1 N–H and O–H groups in total. The molecule has 2 saturated heterocycles. The Hall–Kier alpha value is -4.00. The van der Waals surface area contributed by atoms with Gasteiger partial charge in [0.2, 0.25) is 17.1 Å². The topological polar surface area (TPSA) is 123 Å². The number of fused-ring (bicyclic) bond motifs is 2. The molecule has 160 valence electrons. The zero-order valence-corrected chi connectivity index (χ0v) is 17.0. The quantitative estimate of drug-likeness (QED) is 0.776. The molecule has 9 heteroatoms. The third kappa shape index (κ3) is 2.42. The normalized spacial score (nSPS) is 29.8. The van der Waals surface area contributed by atoms with E-state index in [1.807, 2.05) is 18.2 Å². The van der Waals surface area contributed by atoms with Gasteiger partial charge in [-0.3, -0.25) is 5.41 Å². The summed E-state index contributed by atoms with van der Waals surface area (Å²) in [6, 6.07) is 14.7. The lowest BCUT2D eigenvalue weighted by Gasteiger charge is -2.49. The van der Waals surface area contributed by atoms with Gasteiger partial charge in [0, 0.05) is 18.1 Å². The van der Waals surface area contributed by atoms with Crippen molar-refractivity contribution >= 4 is 5.90 Å². The fourth-order valence-electron chi connectivity index (χ4n) is 4.85. The second-order valence-electron chi connectivity index (χ2n) is 7.74. The molecular formula is C23H16F2N4O3. The van der Waals surface area contributed by atoms with Crippen molar-refractivity contribution in [3.63, 3.8) is 0 Å². The van der Waals surface area contributed by atoms with E-state index in [4.69, 9.17) is 19.6 Å². The number of hydrogen-bond acceptors (Lipinski definition) is 7. The van der Waals surface area contributed by atoms with Gasteiger partial charge < -0.3 is 14.2 Å². The van der Waals surface area contributed by atoms with Gasteiger partial charge in [-0.1, -0.05) is 18.2 Å². The van der Waals surface area contributed by atoms with Gasteiger partial charge in [0.25, 0.3) is 0 Å². The van der Waals surface area contributed by atoms with Crippen LogP contribution in [0.25, 0.3) is 0 Å². The van der Waals surface area contributed by atoms with Gasteiger partial charge in [-0.15, -0.1) is 0 Å². The third-order valence-corrected chi connectivity index (χ3v) is 6.21. The van der Waals surface area contributed by atoms with Crippen LogP contribution in [0.4, 0.5) is 8.78 Å². The molecule has 4 unspecified atom stereocenters. The molecule has 32 heavy (non-hydrogen) atoms. The van der Waals surface area contributed by atoms with Gasteiger partial charge in [0.15, 0.2) is 5.41 Å². The molecule has 0 aliphatic carbocycles. The molecule has 0 amide bonds. The minimum atomic E-state index is -2.45. The third-order valence-electron chi connectivity index (χ3n) is 6.21. The van der Waals surface area contributed by atoms with Gasteiger partial charge in [0.1, 0.15) is 23.5 Å². The molecular weight excluding hydrogens is 418 g/mol. The first-order chi connectivity index (χ1) is 15.2. The highest BCUT2D eigenvalue weighted by atomic mass is 19.1. The van der Waals surface area contributed by atoms with Crippen molar-refractivity contribution in [3.8, 4) is 24.0 Å². The molecule has 0 radical (unpaired) electrons. The van der Waals surface area contributed by atoms with Crippen LogP contribution in [0.5, 0.6) is 5.75 Å². The number of benzene rings is 2. The molecule has 2 heterocycles. The lowest BCUT2D eigenvalue weighted by atomic mass is 9.52. The summed E-state index contributed by atoms with van der Waals surface area (Å²) in [4.78, 5) is 0. The highest BCUT2D eigenvalue weighted by Gasteiger charge is 2.80. The molecule has 0 saturated carbocycles. The van der Waals surface area contributed by atoms with Crippen molar-refractivity contribution in [2.24, 2.45) is 10.8 Å². The van der Waals surface area contributed by atoms with E-state index in [9.17, 15) is 24.6 Å². The van der Waals surface area contributed by atoms with Crippen molar-refractivity contribution in [3.05, 3.63) is 65.2 Å². The Morgan fingerprint density at radius 3 is 2.34 bits per heavy atom. The average molecular weight is 434 g/mol. The fraction of sp³-hybridized carbons (Fsp3) is 0.304. The fourth-order valence-corrected chi connectivity index (χ4v) is 4.85. The first-order valence-electron chi connectivity index (χ1n) is 9.52. The van der Waals surface area contributed by atoms with E-state index in [2.05, 4.69) is 0 Å². The summed E-state index contributed by atoms with van der Waals surface area (Å²) in [5, 5.41) is 39.4. The summed E-state index contributed by atoms with van der Waals surface area (Å²) < 4.78 is 45.9. The second kappa shape index (κ2) is 7.02. The zero-order valence-electron chi connectivity index (χ0n) is 17.0. The Balaban J connectivity index is 2.08.